The minimum Gasteiger partial charge on any atom is -0.314 e. The zero-order valence-electron chi connectivity index (χ0n) is 11.4. The van der Waals surface area contributed by atoms with Gasteiger partial charge >= 0.3 is 0 Å². The lowest BCUT2D eigenvalue weighted by atomic mass is 9.98. The summed E-state index contributed by atoms with van der Waals surface area (Å²) in [6, 6.07) is 6.21. The van der Waals surface area contributed by atoms with E-state index in [4.69, 9.17) is 0 Å². The molecular formula is C15H17ClF2N2S. The number of halogens is 3. The predicted molar refractivity (Wildman–Crippen MR) is 84.2 cm³/mol. The molecule has 0 radical (unpaired) electrons. The first-order valence-corrected chi connectivity index (χ1v) is 7.62. The number of nitrogens with zero attached hydrogens (tertiary/aromatic N) is 1. The maximum absolute atomic E-state index is 14.2. The Hall–Kier alpha value is -1.01. The molecule has 0 amide bonds. The lowest BCUT2D eigenvalue weighted by Gasteiger charge is -2.35. The third kappa shape index (κ3) is 3.43. The fraction of sp³-hybridized carbons (Fsp3) is 0.333. The van der Waals surface area contributed by atoms with Crippen LogP contribution in [0, 0.1) is 11.6 Å². The summed E-state index contributed by atoms with van der Waals surface area (Å²) < 4.78 is 27.7. The third-order valence-corrected chi connectivity index (χ3v) is 4.35. The molecule has 1 aromatic carbocycles. The summed E-state index contributed by atoms with van der Waals surface area (Å²) in [7, 11) is 0. The third-order valence-electron chi connectivity index (χ3n) is 3.65. The van der Waals surface area contributed by atoms with E-state index in [-0.39, 0.29) is 18.4 Å². The summed E-state index contributed by atoms with van der Waals surface area (Å²) in [5.74, 6) is -1.51. The molecule has 3 rings (SSSR count). The molecule has 2 nitrogen and oxygen atoms in total. The highest BCUT2D eigenvalue weighted by molar-refractivity contribution is 7.08. The normalized spacial score (nSPS) is 17.2. The number of hydrogen-bond donors (Lipinski definition) is 1. The first kappa shape index (κ1) is 16.4. The van der Waals surface area contributed by atoms with Crippen LogP contribution in [-0.2, 0) is 0 Å². The Kier molecular flexibility index (Phi) is 5.70. The van der Waals surface area contributed by atoms with Crippen molar-refractivity contribution in [3.63, 3.8) is 0 Å². The quantitative estimate of drug-likeness (QED) is 0.927. The summed E-state index contributed by atoms with van der Waals surface area (Å²) in [4.78, 5) is 2.20. The smallest absolute Gasteiger partial charge is 0.163 e. The molecule has 1 atom stereocenters. The number of rotatable bonds is 3. The zero-order chi connectivity index (χ0) is 13.9. The fourth-order valence-electron chi connectivity index (χ4n) is 2.69. The number of piperazine rings is 1. The maximum Gasteiger partial charge on any atom is 0.163 e. The lowest BCUT2D eigenvalue weighted by Crippen LogP contribution is -2.45. The molecule has 6 heteroatoms. The second-order valence-electron chi connectivity index (χ2n) is 4.89. The Morgan fingerprint density at radius 3 is 2.57 bits per heavy atom. The van der Waals surface area contributed by atoms with Crippen molar-refractivity contribution in [1.29, 1.82) is 0 Å². The molecule has 0 aliphatic carbocycles. The first-order chi connectivity index (χ1) is 9.77. The van der Waals surface area contributed by atoms with Gasteiger partial charge in [0, 0.05) is 31.7 Å². The van der Waals surface area contributed by atoms with E-state index < -0.39 is 11.6 Å². The van der Waals surface area contributed by atoms with Gasteiger partial charge in [0.2, 0.25) is 0 Å². The van der Waals surface area contributed by atoms with Crippen LogP contribution < -0.4 is 5.32 Å². The first-order valence-electron chi connectivity index (χ1n) is 6.68. The monoisotopic (exact) mass is 330 g/mol. The van der Waals surface area contributed by atoms with E-state index in [0.29, 0.717) is 5.56 Å². The van der Waals surface area contributed by atoms with Gasteiger partial charge in [0.25, 0.3) is 0 Å². The van der Waals surface area contributed by atoms with Gasteiger partial charge in [-0.3, -0.25) is 4.90 Å². The van der Waals surface area contributed by atoms with Crippen molar-refractivity contribution in [2.75, 3.05) is 26.2 Å². The highest BCUT2D eigenvalue weighted by atomic mass is 35.5. The topological polar surface area (TPSA) is 15.3 Å². The van der Waals surface area contributed by atoms with Gasteiger partial charge in [-0.1, -0.05) is 12.1 Å². The molecule has 0 spiro atoms. The average Bonchev–Trinajstić information content (AvgIpc) is 2.99. The van der Waals surface area contributed by atoms with Crippen LogP contribution in [0.25, 0.3) is 0 Å². The minimum atomic E-state index is -0.780. The predicted octanol–water partition coefficient (Wildman–Crippen LogP) is 3.44. The van der Waals surface area contributed by atoms with Crippen LogP contribution in [0.1, 0.15) is 17.2 Å². The summed E-state index contributed by atoms with van der Waals surface area (Å²) in [5.41, 5.74) is 1.45. The molecular weight excluding hydrogens is 314 g/mol. The molecule has 21 heavy (non-hydrogen) atoms. The number of thiophene rings is 1. The minimum absolute atomic E-state index is 0. The molecule has 2 heterocycles. The highest BCUT2D eigenvalue weighted by Crippen LogP contribution is 2.32. The Morgan fingerprint density at radius 1 is 1.14 bits per heavy atom. The Bertz CT molecular complexity index is 571. The molecule has 0 unspecified atom stereocenters. The van der Waals surface area contributed by atoms with Gasteiger partial charge in [0.1, 0.15) is 0 Å². The molecule has 2 aromatic rings. The van der Waals surface area contributed by atoms with Crippen LogP contribution in [0.4, 0.5) is 8.78 Å². The van der Waals surface area contributed by atoms with Crippen LogP contribution in [0.2, 0.25) is 0 Å². The fourth-order valence-corrected chi connectivity index (χ4v) is 3.37. The van der Waals surface area contributed by atoms with Gasteiger partial charge < -0.3 is 5.32 Å². The number of benzene rings is 1. The molecule has 1 aliphatic heterocycles. The molecule has 114 valence electrons. The highest BCUT2D eigenvalue weighted by Gasteiger charge is 2.27. The van der Waals surface area contributed by atoms with Crippen molar-refractivity contribution in [2.45, 2.75) is 6.04 Å². The van der Waals surface area contributed by atoms with E-state index in [9.17, 15) is 8.78 Å². The van der Waals surface area contributed by atoms with E-state index in [1.54, 1.807) is 23.5 Å². The summed E-state index contributed by atoms with van der Waals surface area (Å²) in [6.45, 7) is 3.40. The largest absolute Gasteiger partial charge is 0.314 e. The molecule has 1 N–H and O–H groups in total. The second kappa shape index (κ2) is 7.31. The van der Waals surface area contributed by atoms with E-state index in [0.717, 1.165) is 31.7 Å². The average molecular weight is 331 g/mol. The van der Waals surface area contributed by atoms with Gasteiger partial charge in [-0.15, -0.1) is 12.4 Å². The van der Waals surface area contributed by atoms with Crippen molar-refractivity contribution in [2.24, 2.45) is 0 Å². The standard InChI is InChI=1S/C15H16F2N2S.ClH/c16-13-3-1-2-12(14(13)17)15(11-4-9-20-10-11)19-7-5-18-6-8-19;/h1-4,9-10,15,18H,5-8H2;1H/t15-;/m1./s1. The van der Waals surface area contributed by atoms with Gasteiger partial charge in [0.15, 0.2) is 11.6 Å². The lowest BCUT2D eigenvalue weighted by molar-refractivity contribution is 0.195. The second-order valence-corrected chi connectivity index (χ2v) is 5.67. The van der Waals surface area contributed by atoms with Gasteiger partial charge in [-0.2, -0.15) is 11.3 Å². The van der Waals surface area contributed by atoms with Gasteiger partial charge in [-0.05, 0) is 28.5 Å². The SMILES string of the molecule is Cl.Fc1cccc([C@@H](c2ccsc2)N2CCNCC2)c1F. The molecule has 1 fully saturated rings. The maximum atomic E-state index is 14.2. The van der Waals surface area contributed by atoms with Crippen molar-refractivity contribution < 1.29 is 8.78 Å². The molecule has 1 aromatic heterocycles. The van der Waals surface area contributed by atoms with Crippen LogP contribution >= 0.6 is 23.7 Å². The van der Waals surface area contributed by atoms with Crippen LogP contribution in [-0.4, -0.2) is 31.1 Å². The van der Waals surface area contributed by atoms with Crippen molar-refractivity contribution in [3.8, 4) is 0 Å². The van der Waals surface area contributed by atoms with E-state index in [2.05, 4.69) is 10.2 Å². The van der Waals surface area contributed by atoms with Gasteiger partial charge in [0.05, 0.1) is 6.04 Å². The van der Waals surface area contributed by atoms with Crippen molar-refractivity contribution >= 4 is 23.7 Å². The number of nitrogens with one attached hydrogen (secondary N) is 1. The van der Waals surface area contributed by atoms with Crippen molar-refractivity contribution in [3.05, 3.63) is 57.8 Å². The zero-order valence-corrected chi connectivity index (χ0v) is 13.0. The Balaban J connectivity index is 0.00000161. The molecule has 0 saturated carbocycles. The van der Waals surface area contributed by atoms with Crippen LogP contribution in [0.15, 0.2) is 35.0 Å². The van der Waals surface area contributed by atoms with E-state index in [1.807, 2.05) is 16.8 Å². The Morgan fingerprint density at radius 2 is 1.90 bits per heavy atom. The Labute approximate surface area is 133 Å². The molecule has 1 aliphatic rings. The van der Waals surface area contributed by atoms with Crippen LogP contribution in [0.3, 0.4) is 0 Å². The van der Waals surface area contributed by atoms with Crippen LogP contribution in [0.5, 0.6) is 0 Å². The number of hydrogen-bond acceptors (Lipinski definition) is 3. The molecule has 0 bridgehead atoms. The van der Waals surface area contributed by atoms with E-state index >= 15 is 0 Å². The summed E-state index contributed by atoms with van der Waals surface area (Å²) in [6.07, 6.45) is 0. The van der Waals surface area contributed by atoms with Gasteiger partial charge in [-0.25, -0.2) is 8.78 Å². The summed E-state index contributed by atoms with van der Waals surface area (Å²) >= 11 is 1.58. The van der Waals surface area contributed by atoms with Crippen molar-refractivity contribution in [1.82, 2.24) is 10.2 Å². The van der Waals surface area contributed by atoms with E-state index in [1.165, 1.54) is 6.07 Å². The molecule has 1 saturated heterocycles. The summed E-state index contributed by atoms with van der Waals surface area (Å²) in [5, 5.41) is 7.27.